The summed E-state index contributed by atoms with van der Waals surface area (Å²) in [5, 5.41) is 5.38. The van der Waals surface area contributed by atoms with Crippen molar-refractivity contribution in [3.05, 3.63) is 53.6 Å². The van der Waals surface area contributed by atoms with Crippen molar-refractivity contribution >= 4 is 27.3 Å². The molecular weight excluding hydrogens is 380 g/mol. The monoisotopic (exact) mass is 404 g/mol. The number of carbonyl (C=O) groups is 2. The molecule has 150 valence electrons. The Balaban J connectivity index is 1.83. The van der Waals surface area contributed by atoms with Crippen molar-refractivity contribution in [2.24, 2.45) is 0 Å². The lowest BCUT2D eigenvalue weighted by molar-refractivity contribution is -0.116. The van der Waals surface area contributed by atoms with E-state index in [-0.39, 0.29) is 23.1 Å². The van der Waals surface area contributed by atoms with Gasteiger partial charge in [0.05, 0.1) is 11.5 Å². The van der Waals surface area contributed by atoms with Gasteiger partial charge in [-0.1, -0.05) is 6.07 Å². The molecule has 0 radical (unpaired) electrons. The summed E-state index contributed by atoms with van der Waals surface area (Å²) in [5.74, 6) is 0.166. The number of hydrogen-bond donors (Lipinski definition) is 2. The van der Waals surface area contributed by atoms with E-state index in [0.717, 1.165) is 6.26 Å². The van der Waals surface area contributed by atoms with Gasteiger partial charge in [0.2, 0.25) is 5.91 Å². The Labute approximate surface area is 165 Å². The van der Waals surface area contributed by atoms with E-state index < -0.39 is 9.84 Å². The Morgan fingerprint density at radius 3 is 2.36 bits per heavy atom. The zero-order chi connectivity index (χ0) is 20.7. The van der Waals surface area contributed by atoms with Crippen molar-refractivity contribution in [1.82, 2.24) is 5.32 Å². The van der Waals surface area contributed by atoms with Crippen LogP contribution in [0, 0.1) is 6.92 Å². The highest BCUT2D eigenvalue weighted by molar-refractivity contribution is 7.90. The number of nitrogens with one attached hydrogen (secondary N) is 2. The van der Waals surface area contributed by atoms with Crippen molar-refractivity contribution in [3.63, 3.8) is 0 Å². The first-order valence-corrected chi connectivity index (χ1v) is 10.7. The zero-order valence-corrected chi connectivity index (χ0v) is 16.9. The Morgan fingerprint density at radius 2 is 1.75 bits per heavy atom. The maximum absolute atomic E-state index is 12.1. The van der Waals surface area contributed by atoms with E-state index in [0.29, 0.717) is 35.6 Å². The minimum Gasteiger partial charge on any atom is -0.494 e. The zero-order valence-electron chi connectivity index (χ0n) is 16.1. The number of anilines is 1. The van der Waals surface area contributed by atoms with Crippen LogP contribution < -0.4 is 15.4 Å². The number of ether oxygens (including phenoxy) is 1. The number of hydrogen-bond acceptors (Lipinski definition) is 5. The van der Waals surface area contributed by atoms with Crippen molar-refractivity contribution < 1.29 is 22.7 Å². The van der Waals surface area contributed by atoms with Gasteiger partial charge in [0.1, 0.15) is 5.75 Å². The lowest BCUT2D eigenvalue weighted by Gasteiger charge is -2.12. The van der Waals surface area contributed by atoms with Gasteiger partial charge in [0.15, 0.2) is 9.84 Å². The molecule has 0 heterocycles. The third-order valence-corrected chi connectivity index (χ3v) is 5.28. The van der Waals surface area contributed by atoms with Crippen molar-refractivity contribution in [2.45, 2.75) is 24.7 Å². The van der Waals surface area contributed by atoms with Gasteiger partial charge in [-0.05, 0) is 55.3 Å². The Hall–Kier alpha value is -2.87. The summed E-state index contributed by atoms with van der Waals surface area (Å²) < 4.78 is 28.4. The Kier molecular flexibility index (Phi) is 7.17. The molecule has 2 rings (SSSR count). The fourth-order valence-electron chi connectivity index (χ4n) is 2.57. The third-order valence-electron chi connectivity index (χ3n) is 4.15. The van der Waals surface area contributed by atoms with Gasteiger partial charge in [0, 0.05) is 31.0 Å². The Bertz CT molecular complexity index is 953. The smallest absolute Gasteiger partial charge is 0.251 e. The van der Waals surface area contributed by atoms with E-state index in [9.17, 15) is 18.0 Å². The van der Waals surface area contributed by atoms with Gasteiger partial charge in [-0.2, -0.15) is 0 Å². The highest BCUT2D eigenvalue weighted by Gasteiger charge is 2.12. The SMILES string of the molecule is CNC(=O)c1cccc(NC(=O)CCCOc2ccc(S(C)(=O)=O)cc2)c1C. The van der Waals surface area contributed by atoms with Crippen LogP contribution in [0.1, 0.15) is 28.8 Å². The second-order valence-electron chi connectivity index (χ2n) is 6.30. The summed E-state index contributed by atoms with van der Waals surface area (Å²) in [6.07, 6.45) is 1.90. The molecule has 0 atom stereocenters. The van der Waals surface area contributed by atoms with Gasteiger partial charge in [-0.3, -0.25) is 9.59 Å². The van der Waals surface area contributed by atoms with Gasteiger partial charge in [-0.25, -0.2) is 8.42 Å². The standard InChI is InChI=1S/C20H24N2O5S/c1-14-17(20(24)21-2)6-4-7-18(14)22-19(23)8-5-13-27-15-9-11-16(12-10-15)28(3,25)26/h4,6-7,9-12H,5,8,13H2,1-3H3,(H,21,24)(H,22,23). The average molecular weight is 404 g/mol. The summed E-state index contributed by atoms with van der Waals surface area (Å²) in [4.78, 5) is 24.2. The Morgan fingerprint density at radius 1 is 1.07 bits per heavy atom. The molecule has 7 nitrogen and oxygen atoms in total. The van der Waals surface area contributed by atoms with Crippen LogP contribution in [0.4, 0.5) is 5.69 Å². The van der Waals surface area contributed by atoms with Gasteiger partial charge < -0.3 is 15.4 Å². The number of rotatable bonds is 8. The molecule has 0 aliphatic heterocycles. The molecule has 0 saturated heterocycles. The first-order chi connectivity index (χ1) is 13.2. The second kappa shape index (κ2) is 9.36. The molecule has 2 N–H and O–H groups in total. The molecule has 2 aromatic carbocycles. The molecule has 0 bridgehead atoms. The molecule has 0 aliphatic carbocycles. The number of amides is 2. The predicted octanol–water partition coefficient (Wildman–Crippen LogP) is 2.56. The second-order valence-corrected chi connectivity index (χ2v) is 8.32. The van der Waals surface area contributed by atoms with Crippen molar-refractivity contribution in [1.29, 1.82) is 0 Å². The summed E-state index contributed by atoms with van der Waals surface area (Å²) >= 11 is 0. The minimum atomic E-state index is -3.23. The van der Waals surface area contributed by atoms with Crippen LogP contribution in [0.5, 0.6) is 5.75 Å². The number of carbonyl (C=O) groups excluding carboxylic acids is 2. The summed E-state index contributed by atoms with van der Waals surface area (Å²) in [6, 6.07) is 11.3. The molecular formula is C20H24N2O5S. The van der Waals surface area contributed by atoms with E-state index >= 15 is 0 Å². The average Bonchev–Trinajstić information content (AvgIpc) is 2.66. The molecule has 8 heteroatoms. The van der Waals surface area contributed by atoms with Crippen LogP contribution in [0.3, 0.4) is 0 Å². The lowest BCUT2D eigenvalue weighted by Crippen LogP contribution is -2.20. The topological polar surface area (TPSA) is 102 Å². The highest BCUT2D eigenvalue weighted by Crippen LogP contribution is 2.19. The fraction of sp³-hybridized carbons (Fsp3) is 0.300. The van der Waals surface area contributed by atoms with Gasteiger partial charge >= 0.3 is 0 Å². The summed E-state index contributed by atoms with van der Waals surface area (Å²) in [7, 11) is -1.68. The lowest BCUT2D eigenvalue weighted by atomic mass is 10.1. The molecule has 0 aliphatic rings. The first kappa shape index (κ1) is 21.4. The molecule has 2 aromatic rings. The maximum Gasteiger partial charge on any atom is 0.251 e. The van der Waals surface area contributed by atoms with Crippen LogP contribution >= 0.6 is 0 Å². The van der Waals surface area contributed by atoms with Crippen LogP contribution in [-0.4, -0.2) is 40.1 Å². The van der Waals surface area contributed by atoms with Gasteiger partial charge in [0.25, 0.3) is 5.91 Å². The molecule has 0 fully saturated rings. The summed E-state index contributed by atoms with van der Waals surface area (Å²) in [6.45, 7) is 2.10. The van der Waals surface area contributed by atoms with Crippen LogP contribution in [0.15, 0.2) is 47.4 Å². The molecule has 0 saturated carbocycles. The summed E-state index contributed by atoms with van der Waals surface area (Å²) in [5.41, 5.74) is 1.82. The normalized spacial score (nSPS) is 11.0. The van der Waals surface area contributed by atoms with E-state index in [1.54, 1.807) is 44.3 Å². The molecule has 28 heavy (non-hydrogen) atoms. The van der Waals surface area contributed by atoms with Crippen LogP contribution in [0.2, 0.25) is 0 Å². The van der Waals surface area contributed by atoms with E-state index in [1.807, 2.05) is 0 Å². The quantitative estimate of drug-likeness (QED) is 0.659. The maximum atomic E-state index is 12.1. The number of benzene rings is 2. The molecule has 0 aromatic heterocycles. The molecule has 2 amide bonds. The fourth-order valence-corrected chi connectivity index (χ4v) is 3.20. The van der Waals surface area contributed by atoms with Crippen LogP contribution in [-0.2, 0) is 14.6 Å². The third kappa shape index (κ3) is 5.82. The molecule has 0 spiro atoms. The van der Waals surface area contributed by atoms with E-state index in [4.69, 9.17) is 4.74 Å². The van der Waals surface area contributed by atoms with Gasteiger partial charge in [-0.15, -0.1) is 0 Å². The molecule has 0 unspecified atom stereocenters. The van der Waals surface area contributed by atoms with Crippen molar-refractivity contribution in [2.75, 3.05) is 25.2 Å². The highest BCUT2D eigenvalue weighted by atomic mass is 32.2. The van der Waals surface area contributed by atoms with E-state index in [1.165, 1.54) is 12.1 Å². The van der Waals surface area contributed by atoms with Crippen molar-refractivity contribution in [3.8, 4) is 5.75 Å². The number of sulfone groups is 1. The van der Waals surface area contributed by atoms with Crippen LogP contribution in [0.25, 0.3) is 0 Å². The predicted molar refractivity (Wildman–Crippen MR) is 107 cm³/mol. The largest absolute Gasteiger partial charge is 0.494 e. The first-order valence-electron chi connectivity index (χ1n) is 8.77. The minimum absolute atomic E-state index is 0.173. The van der Waals surface area contributed by atoms with E-state index in [2.05, 4.69) is 10.6 Å².